The summed E-state index contributed by atoms with van der Waals surface area (Å²) in [6, 6.07) is 8.71. The summed E-state index contributed by atoms with van der Waals surface area (Å²) >= 11 is 0. The second kappa shape index (κ2) is 11.2. The van der Waals surface area contributed by atoms with E-state index < -0.39 is 0 Å². The molecule has 0 nitrogen and oxygen atoms in total. The number of rotatable bonds is 1. The van der Waals surface area contributed by atoms with Crippen LogP contribution in [0.4, 0.5) is 0 Å². The van der Waals surface area contributed by atoms with E-state index in [1.165, 1.54) is 36.8 Å². The Morgan fingerprint density at radius 1 is 0.737 bits per heavy atom. The molecule has 0 aromatic heterocycles. The molecule has 2 rings (SSSR count). The van der Waals surface area contributed by atoms with E-state index in [4.69, 9.17) is 0 Å². The van der Waals surface area contributed by atoms with Crippen molar-refractivity contribution >= 4 is 0 Å². The molecule has 0 amide bonds. The van der Waals surface area contributed by atoms with Crippen LogP contribution in [0.1, 0.15) is 56.6 Å². The van der Waals surface area contributed by atoms with Crippen molar-refractivity contribution in [2.75, 3.05) is 0 Å². The molecule has 106 valence electrons. The Bertz CT molecular complexity index is 345. The van der Waals surface area contributed by atoms with Gasteiger partial charge in [-0.3, -0.25) is 0 Å². The van der Waals surface area contributed by atoms with Crippen molar-refractivity contribution < 1.29 is 19.5 Å². The number of hydrogen-bond donors (Lipinski definition) is 0. The van der Waals surface area contributed by atoms with Crippen molar-refractivity contribution in [2.45, 2.75) is 52.4 Å². The molecule has 0 saturated carbocycles. The average Bonchev–Trinajstić information content (AvgIpc) is 2.29. The smallest absolute Gasteiger partial charge is 0 e. The molecule has 1 aliphatic rings. The van der Waals surface area contributed by atoms with Crippen molar-refractivity contribution in [3.63, 3.8) is 0 Å². The Morgan fingerprint density at radius 2 is 1.11 bits per heavy atom. The Balaban J connectivity index is 0.000000331. The van der Waals surface area contributed by atoms with Gasteiger partial charge in [0.15, 0.2) is 0 Å². The van der Waals surface area contributed by atoms with Crippen molar-refractivity contribution in [1.82, 2.24) is 0 Å². The molecule has 0 atom stereocenters. The van der Waals surface area contributed by atoms with Crippen LogP contribution in [0, 0.1) is 6.92 Å². The first-order chi connectivity index (χ1) is 8.70. The minimum absolute atomic E-state index is 0. The maximum absolute atomic E-state index is 2.27. The zero-order chi connectivity index (χ0) is 13.2. The van der Waals surface area contributed by atoms with Crippen LogP contribution in [-0.4, -0.2) is 0 Å². The maximum Gasteiger partial charge on any atom is 0 e. The molecule has 19 heavy (non-hydrogen) atoms. The van der Waals surface area contributed by atoms with Crippen LogP contribution in [0.2, 0.25) is 0 Å². The molecule has 0 fully saturated rings. The minimum Gasteiger partial charge on any atom is -0.0882 e. The number of benzene rings is 1. The van der Waals surface area contributed by atoms with Gasteiger partial charge in [-0.25, -0.2) is 0 Å². The fraction of sp³-hybridized carbons (Fsp3) is 0.444. The average molecular weight is 343 g/mol. The normalized spacial score (nSPS) is 13.9. The van der Waals surface area contributed by atoms with E-state index in [0.717, 1.165) is 0 Å². The van der Waals surface area contributed by atoms with Gasteiger partial charge in [-0.15, -0.1) is 0 Å². The molecule has 0 aliphatic heterocycles. The van der Waals surface area contributed by atoms with Gasteiger partial charge in [0, 0.05) is 19.5 Å². The van der Waals surface area contributed by atoms with Crippen molar-refractivity contribution in [2.24, 2.45) is 0 Å². The first-order valence-corrected chi connectivity index (χ1v) is 7.06. The van der Waals surface area contributed by atoms with E-state index in [2.05, 4.69) is 69.3 Å². The molecule has 0 saturated heterocycles. The van der Waals surface area contributed by atoms with Crippen LogP contribution in [0.15, 0.2) is 48.6 Å². The second-order valence-electron chi connectivity index (χ2n) is 5.16. The predicted octanol–water partition coefficient (Wildman–Crippen LogP) is 5.79. The summed E-state index contributed by atoms with van der Waals surface area (Å²) in [5.41, 5.74) is 2.76. The molecular weight excluding hydrogens is 317 g/mol. The van der Waals surface area contributed by atoms with Crippen LogP contribution >= 0.6 is 0 Å². The monoisotopic (exact) mass is 344 g/mol. The molecule has 1 aromatic carbocycles. The van der Waals surface area contributed by atoms with Gasteiger partial charge < -0.3 is 0 Å². The van der Waals surface area contributed by atoms with Crippen LogP contribution in [0.3, 0.4) is 0 Å². The Labute approximate surface area is 131 Å². The Hall–Kier alpha value is -0.677. The van der Waals surface area contributed by atoms with Crippen LogP contribution in [0.25, 0.3) is 0 Å². The summed E-state index contributed by atoms with van der Waals surface area (Å²) < 4.78 is 0. The summed E-state index contributed by atoms with van der Waals surface area (Å²) in [4.78, 5) is 0. The summed E-state index contributed by atoms with van der Waals surface area (Å²) in [5, 5.41) is 0. The number of aryl methyl sites for hydroxylation is 1. The van der Waals surface area contributed by atoms with Crippen LogP contribution in [-0.2, 0) is 19.5 Å². The second-order valence-corrected chi connectivity index (χ2v) is 5.16. The van der Waals surface area contributed by atoms with E-state index in [0.29, 0.717) is 5.92 Å². The van der Waals surface area contributed by atoms with Gasteiger partial charge >= 0.3 is 0 Å². The van der Waals surface area contributed by atoms with Gasteiger partial charge in [0.05, 0.1) is 0 Å². The summed E-state index contributed by atoms with van der Waals surface area (Å²) in [6.07, 6.45) is 14.0. The van der Waals surface area contributed by atoms with Gasteiger partial charge in [0.25, 0.3) is 0 Å². The first-order valence-electron chi connectivity index (χ1n) is 7.06. The van der Waals surface area contributed by atoms with Gasteiger partial charge in [-0.2, -0.15) is 0 Å². The van der Waals surface area contributed by atoms with Gasteiger partial charge in [-0.05, 0) is 44.1 Å². The fourth-order valence-electron chi connectivity index (χ4n) is 1.81. The third-order valence-corrected chi connectivity index (χ3v) is 3.08. The third-order valence-electron chi connectivity index (χ3n) is 3.08. The molecule has 1 aliphatic carbocycles. The zero-order valence-corrected chi connectivity index (χ0v) is 14.1. The molecule has 0 N–H and O–H groups in total. The molecule has 0 spiro atoms. The van der Waals surface area contributed by atoms with E-state index in [1.807, 2.05) is 0 Å². The minimum atomic E-state index is 0. The van der Waals surface area contributed by atoms with E-state index in [-0.39, 0.29) is 19.5 Å². The summed E-state index contributed by atoms with van der Waals surface area (Å²) in [6.45, 7) is 6.54. The third kappa shape index (κ3) is 8.95. The SMILES string of the molecule is C1=CCCC=CCC1.Cc1ccc(C(C)C)cc1.[Ru]. The van der Waals surface area contributed by atoms with Crippen molar-refractivity contribution in [3.8, 4) is 0 Å². The Kier molecular flexibility index (Phi) is 10.8. The molecule has 1 aromatic rings. The Morgan fingerprint density at radius 3 is 1.42 bits per heavy atom. The molecule has 0 bridgehead atoms. The molecule has 0 unspecified atom stereocenters. The van der Waals surface area contributed by atoms with Crippen molar-refractivity contribution in [3.05, 3.63) is 59.7 Å². The quantitative estimate of drug-likeness (QED) is 0.447. The predicted molar refractivity (Wildman–Crippen MR) is 82.0 cm³/mol. The summed E-state index contributed by atoms with van der Waals surface area (Å²) in [5.74, 6) is 0.653. The van der Waals surface area contributed by atoms with E-state index in [1.54, 1.807) is 0 Å². The standard InChI is InChI=1S/C10H14.C8H12.Ru/c1-8(2)10-6-4-9(3)5-7-10;1-2-4-6-8-7-5-3-1;/h4-8H,1-3H3;1-2,7-8H,3-6H2;. The van der Waals surface area contributed by atoms with Gasteiger partial charge in [0.2, 0.25) is 0 Å². The van der Waals surface area contributed by atoms with Crippen LogP contribution in [0.5, 0.6) is 0 Å². The topological polar surface area (TPSA) is 0 Å². The van der Waals surface area contributed by atoms with E-state index in [9.17, 15) is 0 Å². The van der Waals surface area contributed by atoms with E-state index >= 15 is 0 Å². The number of hydrogen-bond acceptors (Lipinski definition) is 0. The van der Waals surface area contributed by atoms with Gasteiger partial charge in [0.1, 0.15) is 0 Å². The molecule has 1 heteroatoms. The fourth-order valence-corrected chi connectivity index (χ4v) is 1.81. The van der Waals surface area contributed by atoms with Crippen molar-refractivity contribution in [1.29, 1.82) is 0 Å². The molecule has 0 radical (unpaired) electrons. The summed E-state index contributed by atoms with van der Waals surface area (Å²) in [7, 11) is 0. The van der Waals surface area contributed by atoms with Gasteiger partial charge in [-0.1, -0.05) is 68.0 Å². The largest absolute Gasteiger partial charge is 0.0882 e. The molecular formula is C18H26Ru. The maximum atomic E-state index is 2.27. The number of allylic oxidation sites excluding steroid dienone is 4. The first kappa shape index (κ1) is 18.3. The molecule has 0 heterocycles. The van der Waals surface area contributed by atoms with Crippen LogP contribution < -0.4 is 0 Å². The zero-order valence-electron chi connectivity index (χ0n) is 12.4.